The van der Waals surface area contributed by atoms with Crippen LogP contribution in [0.1, 0.15) is 25.8 Å². The number of hydrogen-bond acceptors (Lipinski definition) is 7. The molecule has 0 spiro atoms. The Morgan fingerprint density at radius 3 is 2.26 bits per heavy atom. The molecule has 0 saturated heterocycles. The fraction of sp³-hybridized carbons (Fsp3) is 0.526. The zero-order valence-electron chi connectivity index (χ0n) is 16.4. The third-order valence-electron chi connectivity index (χ3n) is 3.69. The zero-order valence-corrected chi connectivity index (χ0v) is 16.4. The number of amides is 1. The largest absolute Gasteiger partial charge is 0.493 e. The van der Waals surface area contributed by atoms with Crippen molar-refractivity contribution in [3.8, 4) is 11.5 Å². The number of carbonyl (C=O) groups excluding carboxylic acids is 3. The third-order valence-corrected chi connectivity index (χ3v) is 3.69. The predicted molar refractivity (Wildman–Crippen MR) is 97.6 cm³/mol. The summed E-state index contributed by atoms with van der Waals surface area (Å²) >= 11 is 0. The number of ether oxygens (including phenoxy) is 4. The summed E-state index contributed by atoms with van der Waals surface area (Å²) in [4.78, 5) is 35.6. The lowest BCUT2D eigenvalue weighted by Gasteiger charge is -2.18. The van der Waals surface area contributed by atoms with E-state index in [1.54, 1.807) is 18.2 Å². The summed E-state index contributed by atoms with van der Waals surface area (Å²) < 4.78 is 20.0. The van der Waals surface area contributed by atoms with Crippen LogP contribution in [0.25, 0.3) is 0 Å². The molecule has 0 heterocycles. The number of rotatable bonds is 10. The second-order valence-electron chi connectivity index (χ2n) is 6.30. The average molecular weight is 381 g/mol. The maximum absolute atomic E-state index is 12.0. The Morgan fingerprint density at radius 2 is 1.70 bits per heavy atom. The second kappa shape index (κ2) is 11.1. The van der Waals surface area contributed by atoms with Crippen LogP contribution in [-0.2, 0) is 30.3 Å². The van der Waals surface area contributed by atoms with Crippen LogP contribution in [0, 0.1) is 5.92 Å². The van der Waals surface area contributed by atoms with Gasteiger partial charge in [-0.25, -0.2) is 4.79 Å². The average Bonchev–Trinajstić information content (AvgIpc) is 2.64. The highest BCUT2D eigenvalue weighted by atomic mass is 16.5. The number of nitrogens with one attached hydrogen (secondary N) is 1. The first-order valence-corrected chi connectivity index (χ1v) is 8.54. The van der Waals surface area contributed by atoms with Gasteiger partial charge in [-0.05, 0) is 30.0 Å². The van der Waals surface area contributed by atoms with Crippen molar-refractivity contribution in [1.29, 1.82) is 0 Å². The van der Waals surface area contributed by atoms with E-state index in [0.717, 1.165) is 0 Å². The van der Waals surface area contributed by atoms with Crippen molar-refractivity contribution in [2.75, 3.05) is 27.9 Å². The Hall–Kier alpha value is -2.77. The lowest BCUT2D eigenvalue weighted by molar-refractivity contribution is -0.150. The van der Waals surface area contributed by atoms with E-state index in [1.165, 1.54) is 21.3 Å². The van der Waals surface area contributed by atoms with Crippen molar-refractivity contribution < 1.29 is 33.3 Å². The summed E-state index contributed by atoms with van der Waals surface area (Å²) in [5.74, 6) is -0.443. The molecule has 1 aromatic carbocycles. The minimum Gasteiger partial charge on any atom is -0.493 e. The molecule has 0 unspecified atom stereocenters. The number of hydrogen-bond donors (Lipinski definition) is 1. The number of benzene rings is 1. The highest BCUT2D eigenvalue weighted by molar-refractivity contribution is 5.86. The second-order valence-corrected chi connectivity index (χ2v) is 6.30. The molecule has 150 valence electrons. The Kier molecular flexibility index (Phi) is 9.12. The van der Waals surface area contributed by atoms with E-state index in [0.29, 0.717) is 23.5 Å². The van der Waals surface area contributed by atoms with E-state index >= 15 is 0 Å². The van der Waals surface area contributed by atoms with E-state index in [2.05, 4.69) is 10.1 Å². The molecule has 0 aliphatic carbocycles. The van der Waals surface area contributed by atoms with Crippen LogP contribution in [0.15, 0.2) is 18.2 Å². The first kappa shape index (κ1) is 22.3. The van der Waals surface area contributed by atoms with Crippen LogP contribution < -0.4 is 14.8 Å². The summed E-state index contributed by atoms with van der Waals surface area (Å²) in [6, 6.07) is 4.28. The highest BCUT2D eigenvalue weighted by Crippen LogP contribution is 2.27. The van der Waals surface area contributed by atoms with Crippen LogP contribution in [0.4, 0.5) is 0 Å². The molecule has 27 heavy (non-hydrogen) atoms. The van der Waals surface area contributed by atoms with E-state index in [-0.39, 0.29) is 12.3 Å². The van der Waals surface area contributed by atoms with Gasteiger partial charge < -0.3 is 24.3 Å². The fourth-order valence-corrected chi connectivity index (χ4v) is 2.42. The molecule has 1 N–H and O–H groups in total. The number of methoxy groups -OCH3 is 3. The van der Waals surface area contributed by atoms with Crippen LogP contribution in [0.5, 0.6) is 11.5 Å². The van der Waals surface area contributed by atoms with E-state index in [9.17, 15) is 14.4 Å². The first-order chi connectivity index (χ1) is 12.8. The van der Waals surface area contributed by atoms with Gasteiger partial charge in [-0.3, -0.25) is 9.59 Å². The van der Waals surface area contributed by atoms with Gasteiger partial charge in [0.15, 0.2) is 18.1 Å². The van der Waals surface area contributed by atoms with Crippen molar-refractivity contribution in [2.45, 2.75) is 32.7 Å². The van der Waals surface area contributed by atoms with Gasteiger partial charge in [-0.1, -0.05) is 19.9 Å². The van der Waals surface area contributed by atoms with Crippen LogP contribution in [0.2, 0.25) is 0 Å². The Labute approximate surface area is 159 Å². The Bertz CT molecular complexity index is 657. The van der Waals surface area contributed by atoms with Crippen molar-refractivity contribution in [3.63, 3.8) is 0 Å². The topological polar surface area (TPSA) is 100 Å². The first-order valence-electron chi connectivity index (χ1n) is 8.54. The minimum atomic E-state index is -0.771. The molecule has 0 aliphatic rings. The molecule has 1 aromatic rings. The number of esters is 2. The van der Waals surface area contributed by atoms with E-state index in [1.807, 2.05) is 13.8 Å². The summed E-state index contributed by atoms with van der Waals surface area (Å²) in [5.41, 5.74) is 0.658. The fourth-order valence-electron chi connectivity index (χ4n) is 2.42. The lowest BCUT2D eigenvalue weighted by atomic mass is 10.0. The molecule has 1 rings (SSSR count). The van der Waals surface area contributed by atoms with Crippen molar-refractivity contribution in [2.24, 2.45) is 5.92 Å². The lowest BCUT2D eigenvalue weighted by Crippen LogP contribution is -2.44. The summed E-state index contributed by atoms with van der Waals surface area (Å²) in [7, 11) is 4.27. The van der Waals surface area contributed by atoms with Gasteiger partial charge in [0.05, 0.1) is 27.8 Å². The van der Waals surface area contributed by atoms with Crippen molar-refractivity contribution in [1.82, 2.24) is 5.32 Å². The van der Waals surface area contributed by atoms with Gasteiger partial charge in [-0.2, -0.15) is 0 Å². The molecule has 0 aromatic heterocycles. The standard InChI is InChI=1S/C19H27NO7/c1-12(2)8-14(19(23)26-5)20-17(21)11-27-18(22)10-13-6-7-15(24-3)16(9-13)25-4/h6-7,9,12,14H,8,10-11H2,1-5H3,(H,20,21)/t14-/m1/s1. The Balaban J connectivity index is 2.55. The molecular weight excluding hydrogens is 354 g/mol. The Morgan fingerprint density at radius 1 is 1.04 bits per heavy atom. The normalized spacial score (nSPS) is 11.5. The van der Waals surface area contributed by atoms with Crippen LogP contribution >= 0.6 is 0 Å². The molecule has 8 nitrogen and oxygen atoms in total. The molecule has 0 radical (unpaired) electrons. The monoisotopic (exact) mass is 381 g/mol. The summed E-state index contributed by atoms with van der Waals surface area (Å²) in [6.07, 6.45) is 0.401. The molecular formula is C19H27NO7. The van der Waals surface area contributed by atoms with Gasteiger partial charge in [-0.15, -0.1) is 0 Å². The molecule has 1 amide bonds. The molecule has 0 aliphatic heterocycles. The quantitative estimate of drug-likeness (QED) is 0.613. The smallest absolute Gasteiger partial charge is 0.328 e. The SMILES string of the molecule is COC(=O)[C@@H](CC(C)C)NC(=O)COC(=O)Cc1ccc(OC)c(OC)c1. The van der Waals surface area contributed by atoms with Crippen molar-refractivity contribution >= 4 is 17.8 Å². The maximum Gasteiger partial charge on any atom is 0.328 e. The van der Waals surface area contributed by atoms with Gasteiger partial charge in [0, 0.05) is 0 Å². The third kappa shape index (κ3) is 7.55. The van der Waals surface area contributed by atoms with Gasteiger partial charge in [0.1, 0.15) is 6.04 Å². The van der Waals surface area contributed by atoms with Gasteiger partial charge in [0.2, 0.25) is 0 Å². The maximum atomic E-state index is 12.0. The molecule has 8 heteroatoms. The number of carbonyl (C=O) groups is 3. The predicted octanol–water partition coefficient (Wildman–Crippen LogP) is 1.49. The van der Waals surface area contributed by atoms with Gasteiger partial charge >= 0.3 is 11.9 Å². The summed E-state index contributed by atoms with van der Waals surface area (Å²) in [5, 5.41) is 2.52. The highest BCUT2D eigenvalue weighted by Gasteiger charge is 2.23. The van der Waals surface area contributed by atoms with E-state index in [4.69, 9.17) is 14.2 Å². The van der Waals surface area contributed by atoms with Crippen molar-refractivity contribution in [3.05, 3.63) is 23.8 Å². The molecule has 1 atom stereocenters. The van der Waals surface area contributed by atoms with Gasteiger partial charge in [0.25, 0.3) is 5.91 Å². The molecule has 0 fully saturated rings. The molecule has 0 saturated carbocycles. The van der Waals surface area contributed by atoms with Crippen LogP contribution in [0.3, 0.4) is 0 Å². The van der Waals surface area contributed by atoms with E-state index < -0.39 is 30.5 Å². The molecule has 0 bridgehead atoms. The summed E-state index contributed by atoms with van der Waals surface area (Å²) in [6.45, 7) is 3.37. The minimum absolute atomic E-state index is 0.0277. The zero-order chi connectivity index (χ0) is 20.4. The van der Waals surface area contributed by atoms with Crippen LogP contribution in [-0.4, -0.2) is 51.8 Å².